The van der Waals surface area contributed by atoms with Crippen molar-refractivity contribution >= 4 is 17.3 Å². The number of hydrogen-bond donors (Lipinski definition) is 1. The highest BCUT2D eigenvalue weighted by molar-refractivity contribution is 5.66. The van der Waals surface area contributed by atoms with E-state index in [0.717, 1.165) is 53.5 Å². The van der Waals surface area contributed by atoms with E-state index in [9.17, 15) is 0 Å². The van der Waals surface area contributed by atoms with Crippen LogP contribution in [0.3, 0.4) is 0 Å². The Bertz CT molecular complexity index is 904. The van der Waals surface area contributed by atoms with Gasteiger partial charge in [0, 0.05) is 30.4 Å². The minimum absolute atomic E-state index is 0.743. The second-order valence-corrected chi connectivity index (χ2v) is 7.32. The lowest BCUT2D eigenvalue weighted by atomic mass is 9.99. The number of nitrogens with one attached hydrogen (secondary N) is 1. The molecule has 0 aliphatic carbocycles. The first-order chi connectivity index (χ1) is 13.7. The molecular formula is C23H26N4O. The minimum Gasteiger partial charge on any atom is -0.497 e. The number of anilines is 3. The van der Waals surface area contributed by atoms with Crippen LogP contribution in [0, 0.1) is 5.92 Å². The second-order valence-electron chi connectivity index (χ2n) is 7.32. The Morgan fingerprint density at radius 3 is 2.36 bits per heavy atom. The fourth-order valence-corrected chi connectivity index (χ4v) is 3.44. The van der Waals surface area contributed by atoms with Crippen LogP contribution in [0.1, 0.15) is 19.8 Å². The van der Waals surface area contributed by atoms with E-state index in [1.165, 1.54) is 12.8 Å². The van der Waals surface area contributed by atoms with Gasteiger partial charge in [0.1, 0.15) is 17.4 Å². The van der Waals surface area contributed by atoms with E-state index in [1.807, 2.05) is 48.5 Å². The molecular weight excluding hydrogens is 348 g/mol. The first-order valence-electron chi connectivity index (χ1n) is 9.82. The molecule has 1 N–H and O–H groups in total. The highest BCUT2D eigenvalue weighted by Gasteiger charge is 2.19. The smallest absolute Gasteiger partial charge is 0.163 e. The molecule has 0 amide bonds. The van der Waals surface area contributed by atoms with Crippen LogP contribution in [-0.4, -0.2) is 30.2 Å². The molecule has 2 aromatic carbocycles. The summed E-state index contributed by atoms with van der Waals surface area (Å²) in [7, 11) is 1.67. The van der Waals surface area contributed by atoms with Gasteiger partial charge in [0.15, 0.2) is 5.82 Å². The van der Waals surface area contributed by atoms with Gasteiger partial charge in [0.25, 0.3) is 0 Å². The molecule has 144 valence electrons. The standard InChI is InChI=1S/C23H26N4O/c1-17-12-14-27(15-13-17)22-16-21(24-19-8-10-20(28-2)11-9-19)25-23(26-22)18-6-4-3-5-7-18/h3-11,16-17H,12-15H2,1-2H3,(H,24,25,26). The molecule has 3 aromatic rings. The monoisotopic (exact) mass is 374 g/mol. The molecule has 0 bridgehead atoms. The number of methoxy groups -OCH3 is 1. The fourth-order valence-electron chi connectivity index (χ4n) is 3.44. The van der Waals surface area contributed by atoms with Gasteiger partial charge in [-0.05, 0) is 43.0 Å². The predicted octanol–water partition coefficient (Wildman–Crippen LogP) is 5.13. The predicted molar refractivity (Wildman–Crippen MR) is 114 cm³/mol. The van der Waals surface area contributed by atoms with Gasteiger partial charge in [0.2, 0.25) is 0 Å². The van der Waals surface area contributed by atoms with Gasteiger partial charge in [-0.3, -0.25) is 0 Å². The Balaban J connectivity index is 1.66. The zero-order valence-corrected chi connectivity index (χ0v) is 16.4. The van der Waals surface area contributed by atoms with Crippen molar-refractivity contribution in [2.75, 3.05) is 30.4 Å². The normalized spacial score (nSPS) is 14.7. The van der Waals surface area contributed by atoms with Crippen LogP contribution in [0.25, 0.3) is 11.4 Å². The summed E-state index contributed by atoms with van der Waals surface area (Å²) in [6, 6.07) is 20.1. The maximum atomic E-state index is 5.24. The zero-order chi connectivity index (χ0) is 19.3. The van der Waals surface area contributed by atoms with Gasteiger partial charge in [-0.15, -0.1) is 0 Å². The second kappa shape index (κ2) is 8.30. The number of benzene rings is 2. The summed E-state index contributed by atoms with van der Waals surface area (Å²) in [6.45, 7) is 4.39. The zero-order valence-electron chi connectivity index (χ0n) is 16.4. The van der Waals surface area contributed by atoms with Crippen LogP contribution < -0.4 is 15.0 Å². The summed E-state index contributed by atoms with van der Waals surface area (Å²) >= 11 is 0. The van der Waals surface area contributed by atoms with Gasteiger partial charge in [-0.25, -0.2) is 9.97 Å². The van der Waals surface area contributed by atoms with Gasteiger partial charge < -0.3 is 15.0 Å². The van der Waals surface area contributed by atoms with E-state index >= 15 is 0 Å². The Morgan fingerprint density at radius 1 is 0.964 bits per heavy atom. The lowest BCUT2D eigenvalue weighted by Crippen LogP contribution is -2.33. The molecule has 0 radical (unpaired) electrons. The third-order valence-electron chi connectivity index (χ3n) is 5.21. The maximum absolute atomic E-state index is 5.24. The molecule has 0 saturated carbocycles. The van der Waals surface area contributed by atoms with E-state index < -0.39 is 0 Å². The van der Waals surface area contributed by atoms with Crippen LogP contribution in [-0.2, 0) is 0 Å². The Hall–Kier alpha value is -3.08. The molecule has 28 heavy (non-hydrogen) atoms. The highest BCUT2D eigenvalue weighted by atomic mass is 16.5. The summed E-state index contributed by atoms with van der Waals surface area (Å²) in [5, 5.41) is 3.42. The van der Waals surface area contributed by atoms with Crippen LogP contribution in [0.5, 0.6) is 5.75 Å². The third-order valence-corrected chi connectivity index (χ3v) is 5.21. The fraction of sp³-hybridized carbons (Fsp3) is 0.304. The summed E-state index contributed by atoms with van der Waals surface area (Å²) < 4.78 is 5.24. The van der Waals surface area contributed by atoms with Crippen molar-refractivity contribution in [3.63, 3.8) is 0 Å². The van der Waals surface area contributed by atoms with Gasteiger partial charge in [0.05, 0.1) is 7.11 Å². The van der Waals surface area contributed by atoms with Gasteiger partial charge >= 0.3 is 0 Å². The number of aromatic nitrogens is 2. The van der Waals surface area contributed by atoms with Crippen LogP contribution in [0.2, 0.25) is 0 Å². The molecule has 1 saturated heterocycles. The van der Waals surface area contributed by atoms with Crippen molar-refractivity contribution in [3.8, 4) is 17.1 Å². The Labute approximate surface area is 166 Å². The van der Waals surface area contributed by atoms with Crippen molar-refractivity contribution in [3.05, 3.63) is 60.7 Å². The van der Waals surface area contributed by atoms with Crippen molar-refractivity contribution in [2.24, 2.45) is 5.92 Å². The SMILES string of the molecule is COc1ccc(Nc2cc(N3CCC(C)CC3)nc(-c3ccccc3)n2)cc1. The third kappa shape index (κ3) is 4.25. The lowest BCUT2D eigenvalue weighted by molar-refractivity contribution is 0.415. The molecule has 0 unspecified atom stereocenters. The van der Waals surface area contributed by atoms with E-state index in [-0.39, 0.29) is 0 Å². The summed E-state index contributed by atoms with van der Waals surface area (Å²) in [6.07, 6.45) is 2.40. The number of ether oxygens (including phenoxy) is 1. The number of hydrogen-bond acceptors (Lipinski definition) is 5. The summed E-state index contributed by atoms with van der Waals surface area (Å²) in [4.78, 5) is 12.0. The van der Waals surface area contributed by atoms with E-state index in [2.05, 4.69) is 29.3 Å². The molecule has 1 fully saturated rings. The van der Waals surface area contributed by atoms with E-state index in [4.69, 9.17) is 14.7 Å². The summed E-state index contributed by atoms with van der Waals surface area (Å²) in [5.41, 5.74) is 1.99. The topological polar surface area (TPSA) is 50.3 Å². The Morgan fingerprint density at radius 2 is 1.68 bits per heavy atom. The first-order valence-corrected chi connectivity index (χ1v) is 9.82. The largest absolute Gasteiger partial charge is 0.497 e. The van der Waals surface area contributed by atoms with Crippen LogP contribution >= 0.6 is 0 Å². The quantitative estimate of drug-likeness (QED) is 0.671. The number of nitrogens with zero attached hydrogens (tertiary/aromatic N) is 3. The molecule has 1 aliphatic rings. The van der Waals surface area contributed by atoms with Crippen LogP contribution in [0.15, 0.2) is 60.7 Å². The highest BCUT2D eigenvalue weighted by Crippen LogP contribution is 2.28. The van der Waals surface area contributed by atoms with Crippen molar-refractivity contribution in [1.82, 2.24) is 9.97 Å². The maximum Gasteiger partial charge on any atom is 0.163 e. The minimum atomic E-state index is 0.743. The van der Waals surface area contributed by atoms with Crippen LogP contribution in [0.4, 0.5) is 17.3 Å². The van der Waals surface area contributed by atoms with Gasteiger partial charge in [-0.1, -0.05) is 37.3 Å². The Kier molecular flexibility index (Phi) is 5.42. The first kappa shape index (κ1) is 18.3. The average molecular weight is 374 g/mol. The number of piperidine rings is 1. The molecule has 0 spiro atoms. The molecule has 5 heteroatoms. The van der Waals surface area contributed by atoms with E-state index in [1.54, 1.807) is 7.11 Å². The average Bonchev–Trinajstić information content (AvgIpc) is 2.75. The number of rotatable bonds is 5. The van der Waals surface area contributed by atoms with Crippen molar-refractivity contribution < 1.29 is 4.74 Å². The van der Waals surface area contributed by atoms with Crippen molar-refractivity contribution in [1.29, 1.82) is 0 Å². The van der Waals surface area contributed by atoms with E-state index in [0.29, 0.717) is 0 Å². The molecule has 1 aliphatic heterocycles. The molecule has 0 atom stereocenters. The molecule has 5 nitrogen and oxygen atoms in total. The molecule has 2 heterocycles. The van der Waals surface area contributed by atoms with Gasteiger partial charge in [-0.2, -0.15) is 0 Å². The molecule has 4 rings (SSSR count). The lowest BCUT2D eigenvalue weighted by Gasteiger charge is -2.31. The van der Waals surface area contributed by atoms with Crippen molar-refractivity contribution in [2.45, 2.75) is 19.8 Å². The summed E-state index contributed by atoms with van der Waals surface area (Å²) in [5.74, 6) is 4.14. The molecule has 1 aromatic heterocycles.